The Kier molecular flexibility index (Phi) is 3.94. The Morgan fingerprint density at radius 2 is 1.82 bits per heavy atom. The van der Waals surface area contributed by atoms with Crippen LogP contribution in [0.15, 0.2) is 12.1 Å². The molecule has 0 aromatic heterocycles. The third kappa shape index (κ3) is 2.75. The molecule has 1 aliphatic rings. The van der Waals surface area contributed by atoms with Crippen LogP contribution in [-0.4, -0.2) is 12.7 Å². The molecule has 1 nitrogen and oxygen atoms in total. The molecule has 1 saturated heterocycles. The van der Waals surface area contributed by atoms with Crippen molar-refractivity contribution in [3.8, 4) is 0 Å². The molecule has 2 rings (SSSR count). The summed E-state index contributed by atoms with van der Waals surface area (Å²) in [5.74, 6) is -3.14. The van der Waals surface area contributed by atoms with Gasteiger partial charge in [-0.15, -0.1) is 11.6 Å². The summed E-state index contributed by atoms with van der Waals surface area (Å²) in [6, 6.07) is 1.32. The normalized spacial score (nSPS) is 22.5. The molecule has 1 aromatic rings. The number of rotatable bonds is 2. The van der Waals surface area contributed by atoms with E-state index in [9.17, 15) is 13.2 Å². The summed E-state index contributed by atoms with van der Waals surface area (Å²) < 4.78 is 44.7. The molecule has 0 bridgehead atoms. The first kappa shape index (κ1) is 12.7. The quantitative estimate of drug-likeness (QED) is 0.580. The van der Waals surface area contributed by atoms with Gasteiger partial charge in [0.05, 0.1) is 11.5 Å². The highest BCUT2D eigenvalue weighted by Crippen LogP contribution is 2.33. The summed E-state index contributed by atoms with van der Waals surface area (Å²) in [4.78, 5) is 0. The molecule has 0 radical (unpaired) electrons. The summed E-state index contributed by atoms with van der Waals surface area (Å²) in [6.45, 7) is 0.569. The second-order valence-electron chi connectivity index (χ2n) is 4.09. The fourth-order valence-corrected chi connectivity index (χ4v) is 2.31. The molecule has 17 heavy (non-hydrogen) atoms. The van der Waals surface area contributed by atoms with Crippen LogP contribution in [0.3, 0.4) is 0 Å². The van der Waals surface area contributed by atoms with Gasteiger partial charge in [0.15, 0.2) is 11.6 Å². The maximum absolute atomic E-state index is 13.5. The minimum Gasteiger partial charge on any atom is -0.376 e. The number of halogens is 4. The lowest BCUT2D eigenvalue weighted by molar-refractivity contribution is 0.0130. The van der Waals surface area contributed by atoms with Crippen molar-refractivity contribution >= 4 is 11.6 Å². The molecule has 5 heteroatoms. The van der Waals surface area contributed by atoms with Crippen LogP contribution in [0, 0.1) is 17.5 Å². The minimum absolute atomic E-state index is 0.0440. The summed E-state index contributed by atoms with van der Waals surface area (Å²) >= 11 is 6.06. The van der Waals surface area contributed by atoms with Crippen molar-refractivity contribution in [2.75, 3.05) is 6.61 Å². The van der Waals surface area contributed by atoms with E-state index in [0.717, 1.165) is 18.9 Å². The summed E-state index contributed by atoms with van der Waals surface area (Å²) in [5, 5.41) is -0.787. The highest BCUT2D eigenvalue weighted by molar-refractivity contribution is 6.21. The molecule has 0 N–H and O–H groups in total. The van der Waals surface area contributed by atoms with E-state index in [2.05, 4.69) is 0 Å². The van der Waals surface area contributed by atoms with Crippen LogP contribution in [-0.2, 0) is 4.74 Å². The Morgan fingerprint density at radius 1 is 1.12 bits per heavy atom. The number of ether oxygens (including phenoxy) is 1. The molecule has 1 aromatic carbocycles. The third-order valence-corrected chi connectivity index (χ3v) is 3.39. The summed E-state index contributed by atoms with van der Waals surface area (Å²) in [5.41, 5.74) is -0.0440. The van der Waals surface area contributed by atoms with Crippen LogP contribution in [0.25, 0.3) is 0 Å². The van der Waals surface area contributed by atoms with Gasteiger partial charge in [0, 0.05) is 18.2 Å². The third-order valence-electron chi connectivity index (χ3n) is 2.88. The molecule has 0 amide bonds. The molecule has 94 valence electrons. The second-order valence-corrected chi connectivity index (χ2v) is 4.56. The minimum atomic E-state index is -1.21. The first-order valence-electron chi connectivity index (χ1n) is 5.49. The van der Waals surface area contributed by atoms with Gasteiger partial charge >= 0.3 is 0 Å². The lowest BCUT2D eigenvalue weighted by Crippen LogP contribution is -2.24. The molecule has 0 saturated carbocycles. The van der Waals surface area contributed by atoms with E-state index in [-0.39, 0.29) is 11.7 Å². The van der Waals surface area contributed by atoms with E-state index < -0.39 is 22.8 Å². The summed E-state index contributed by atoms with van der Waals surface area (Å²) in [7, 11) is 0. The predicted octanol–water partition coefficient (Wildman–Crippen LogP) is 3.95. The Balaban J connectivity index is 2.23. The van der Waals surface area contributed by atoms with Crippen molar-refractivity contribution in [3.63, 3.8) is 0 Å². The average Bonchev–Trinajstić information content (AvgIpc) is 2.34. The largest absolute Gasteiger partial charge is 0.376 e. The van der Waals surface area contributed by atoms with Crippen molar-refractivity contribution in [2.45, 2.75) is 30.7 Å². The van der Waals surface area contributed by atoms with Crippen LogP contribution < -0.4 is 0 Å². The lowest BCUT2D eigenvalue weighted by Gasteiger charge is -2.27. The van der Waals surface area contributed by atoms with Gasteiger partial charge in [-0.1, -0.05) is 0 Å². The van der Waals surface area contributed by atoms with Crippen molar-refractivity contribution in [2.24, 2.45) is 0 Å². The molecule has 0 spiro atoms. The maximum atomic E-state index is 13.5. The molecule has 2 atom stereocenters. The van der Waals surface area contributed by atoms with Crippen LogP contribution in [0.5, 0.6) is 0 Å². The molecule has 1 fully saturated rings. The van der Waals surface area contributed by atoms with Crippen molar-refractivity contribution < 1.29 is 17.9 Å². The van der Waals surface area contributed by atoms with Crippen molar-refractivity contribution in [3.05, 3.63) is 35.1 Å². The van der Waals surface area contributed by atoms with Crippen LogP contribution in [0.2, 0.25) is 0 Å². The molecular formula is C12H12ClF3O. The number of alkyl halides is 1. The van der Waals surface area contributed by atoms with Gasteiger partial charge < -0.3 is 4.74 Å². The van der Waals surface area contributed by atoms with Gasteiger partial charge in [0.25, 0.3) is 0 Å². The molecular weight excluding hydrogens is 253 g/mol. The standard InChI is InChI=1S/C12H12ClF3O/c13-12(11-3-1-2-4-17-11)7-5-9(15)10(16)6-8(7)14/h5-6,11-12H,1-4H2. The summed E-state index contributed by atoms with van der Waals surface area (Å²) in [6.07, 6.45) is 2.25. The van der Waals surface area contributed by atoms with E-state index in [1.807, 2.05) is 0 Å². The van der Waals surface area contributed by atoms with Gasteiger partial charge in [-0.3, -0.25) is 0 Å². The Labute approximate surface area is 103 Å². The average molecular weight is 265 g/mol. The smallest absolute Gasteiger partial charge is 0.161 e. The fourth-order valence-electron chi connectivity index (χ4n) is 1.95. The molecule has 0 aliphatic carbocycles. The Bertz CT molecular complexity index is 405. The highest BCUT2D eigenvalue weighted by Gasteiger charge is 2.27. The van der Waals surface area contributed by atoms with E-state index in [1.54, 1.807) is 0 Å². The maximum Gasteiger partial charge on any atom is 0.161 e. The highest BCUT2D eigenvalue weighted by atomic mass is 35.5. The Hall–Kier alpha value is -0.740. The monoisotopic (exact) mass is 264 g/mol. The Morgan fingerprint density at radius 3 is 2.47 bits per heavy atom. The van der Waals surface area contributed by atoms with Crippen LogP contribution in [0.1, 0.15) is 30.2 Å². The van der Waals surface area contributed by atoms with E-state index >= 15 is 0 Å². The molecule has 1 aliphatic heterocycles. The topological polar surface area (TPSA) is 9.23 Å². The first-order chi connectivity index (χ1) is 8.09. The van der Waals surface area contributed by atoms with E-state index in [1.165, 1.54) is 0 Å². The second kappa shape index (κ2) is 5.27. The van der Waals surface area contributed by atoms with Gasteiger partial charge in [-0.05, 0) is 25.3 Å². The number of hydrogen-bond donors (Lipinski definition) is 0. The van der Waals surface area contributed by atoms with Gasteiger partial charge in [-0.25, -0.2) is 13.2 Å². The lowest BCUT2D eigenvalue weighted by atomic mass is 10.00. The fraction of sp³-hybridized carbons (Fsp3) is 0.500. The van der Waals surface area contributed by atoms with Gasteiger partial charge in [0.2, 0.25) is 0 Å². The first-order valence-corrected chi connectivity index (χ1v) is 5.93. The van der Waals surface area contributed by atoms with Crippen molar-refractivity contribution in [1.82, 2.24) is 0 Å². The zero-order valence-electron chi connectivity index (χ0n) is 9.06. The van der Waals surface area contributed by atoms with E-state index in [4.69, 9.17) is 16.3 Å². The predicted molar refractivity (Wildman–Crippen MR) is 58.5 cm³/mol. The number of benzene rings is 1. The zero-order valence-corrected chi connectivity index (χ0v) is 9.81. The van der Waals surface area contributed by atoms with Crippen molar-refractivity contribution in [1.29, 1.82) is 0 Å². The van der Waals surface area contributed by atoms with Gasteiger partial charge in [0.1, 0.15) is 5.82 Å². The zero-order chi connectivity index (χ0) is 12.4. The van der Waals surface area contributed by atoms with E-state index in [0.29, 0.717) is 19.1 Å². The van der Waals surface area contributed by atoms with Crippen LogP contribution in [0.4, 0.5) is 13.2 Å². The van der Waals surface area contributed by atoms with Gasteiger partial charge in [-0.2, -0.15) is 0 Å². The molecule has 2 unspecified atom stereocenters. The SMILES string of the molecule is Fc1cc(F)c(C(Cl)C2CCCCO2)cc1F. The molecule has 1 heterocycles. The van der Waals surface area contributed by atoms with Crippen LogP contribution >= 0.6 is 11.6 Å². The number of hydrogen-bond acceptors (Lipinski definition) is 1.